The van der Waals surface area contributed by atoms with Crippen LogP contribution in [0.15, 0.2) is 28.0 Å². The Bertz CT molecular complexity index is 463. The van der Waals surface area contributed by atoms with E-state index in [0.29, 0.717) is 21.5 Å². The number of benzene rings is 1. The minimum absolute atomic E-state index is 0.315. The van der Waals surface area contributed by atoms with Gasteiger partial charge in [-0.1, -0.05) is 5.16 Å². The van der Waals surface area contributed by atoms with E-state index in [2.05, 4.69) is 14.9 Å². The Kier molecular flexibility index (Phi) is 1.59. The van der Waals surface area contributed by atoms with Crippen molar-refractivity contribution in [3.63, 3.8) is 0 Å². The van der Waals surface area contributed by atoms with Crippen molar-refractivity contribution in [2.24, 2.45) is 5.16 Å². The van der Waals surface area contributed by atoms with Crippen molar-refractivity contribution in [3.8, 4) is 0 Å². The molecule has 6 nitrogen and oxygen atoms in total. The Morgan fingerprint density at radius 3 is 3.23 bits per heavy atom. The fraction of sp³-hybridized carbons (Fsp3) is 0. The first-order chi connectivity index (χ1) is 6.31. The lowest BCUT2D eigenvalue weighted by Crippen LogP contribution is -2.22. The van der Waals surface area contributed by atoms with Crippen LogP contribution in [-0.2, 0) is 0 Å². The molecular weight excluding hydrogens is 174 g/mol. The second-order valence-electron chi connectivity index (χ2n) is 2.42. The van der Waals surface area contributed by atoms with E-state index in [9.17, 15) is 5.21 Å². The summed E-state index contributed by atoms with van der Waals surface area (Å²) >= 11 is 0. The zero-order valence-corrected chi connectivity index (χ0v) is 6.41. The number of rotatable bonds is 1. The van der Waals surface area contributed by atoms with Gasteiger partial charge in [0.2, 0.25) is 11.0 Å². The highest BCUT2D eigenvalue weighted by Crippen LogP contribution is 2.08. The van der Waals surface area contributed by atoms with Crippen molar-refractivity contribution in [3.05, 3.63) is 29.0 Å². The molecule has 0 fully saturated rings. The molecule has 0 saturated heterocycles. The molecule has 0 saturated carbocycles. The van der Waals surface area contributed by atoms with Crippen LogP contribution in [0, 0.1) is 5.21 Å². The highest BCUT2D eigenvalue weighted by molar-refractivity contribution is 5.85. The van der Waals surface area contributed by atoms with Gasteiger partial charge in [0.25, 0.3) is 0 Å². The van der Waals surface area contributed by atoms with Gasteiger partial charge in [-0.05, 0) is 17.0 Å². The van der Waals surface area contributed by atoms with E-state index in [0.717, 1.165) is 0 Å². The van der Waals surface area contributed by atoms with Crippen molar-refractivity contribution in [1.82, 2.24) is 5.16 Å². The van der Waals surface area contributed by atoms with Crippen LogP contribution in [-0.4, -0.2) is 16.6 Å². The van der Waals surface area contributed by atoms with E-state index in [4.69, 9.17) is 5.21 Å². The maximum absolute atomic E-state index is 10.9. The van der Waals surface area contributed by atoms with Gasteiger partial charge < -0.3 is 10.4 Å². The second-order valence-corrected chi connectivity index (χ2v) is 2.42. The van der Waals surface area contributed by atoms with E-state index >= 15 is 0 Å². The predicted octanol–water partition coefficient (Wildman–Crippen LogP) is 0.269. The molecular formula is C7H5N3O3. The third kappa shape index (κ3) is 1.18. The molecule has 13 heavy (non-hydrogen) atoms. The van der Waals surface area contributed by atoms with Crippen molar-refractivity contribution in [2.75, 3.05) is 0 Å². The standard InChI is InChI=1S/C7H5N3O3/c11-8-4-5-1-2-7-6(3-5)9-13-10(7)12/h1-4,11H/b8-4+. The average Bonchev–Trinajstić information content (AvgIpc) is 2.48. The number of fused-ring (bicyclic) bond motifs is 1. The minimum Gasteiger partial charge on any atom is -0.411 e. The van der Waals surface area contributed by atoms with E-state index < -0.39 is 0 Å². The molecule has 0 atom stereocenters. The molecule has 0 aliphatic heterocycles. The number of aromatic nitrogens is 2. The maximum atomic E-state index is 10.9. The van der Waals surface area contributed by atoms with Crippen LogP contribution in [0.25, 0.3) is 11.0 Å². The summed E-state index contributed by atoms with van der Waals surface area (Å²) < 4.78 is 4.35. The first-order valence-electron chi connectivity index (χ1n) is 3.48. The molecule has 1 N–H and O–H groups in total. The van der Waals surface area contributed by atoms with E-state index in [1.807, 2.05) is 0 Å². The van der Waals surface area contributed by atoms with Crippen LogP contribution in [0.3, 0.4) is 0 Å². The first-order valence-corrected chi connectivity index (χ1v) is 3.48. The van der Waals surface area contributed by atoms with Crippen molar-refractivity contribution < 1.29 is 14.7 Å². The van der Waals surface area contributed by atoms with Crippen LogP contribution in [0.4, 0.5) is 0 Å². The lowest BCUT2D eigenvalue weighted by Gasteiger charge is -1.87. The van der Waals surface area contributed by atoms with Crippen molar-refractivity contribution in [1.29, 1.82) is 0 Å². The molecule has 6 heteroatoms. The summed E-state index contributed by atoms with van der Waals surface area (Å²) in [7, 11) is 0. The maximum Gasteiger partial charge on any atom is 0.249 e. The zero-order chi connectivity index (χ0) is 9.26. The molecule has 0 amide bonds. The summed E-state index contributed by atoms with van der Waals surface area (Å²) in [6.45, 7) is 0. The van der Waals surface area contributed by atoms with Gasteiger partial charge in [0.1, 0.15) is 0 Å². The summed E-state index contributed by atoms with van der Waals surface area (Å²) in [6, 6.07) is 4.73. The highest BCUT2D eigenvalue weighted by Gasteiger charge is 2.08. The van der Waals surface area contributed by atoms with Crippen LogP contribution < -0.4 is 4.90 Å². The zero-order valence-electron chi connectivity index (χ0n) is 6.41. The molecule has 0 aliphatic carbocycles. The fourth-order valence-corrected chi connectivity index (χ4v) is 1.04. The fourth-order valence-electron chi connectivity index (χ4n) is 1.04. The average molecular weight is 179 g/mol. The molecule has 1 aromatic carbocycles. The Hall–Kier alpha value is -2.11. The van der Waals surface area contributed by atoms with E-state index in [1.54, 1.807) is 12.1 Å². The van der Waals surface area contributed by atoms with Gasteiger partial charge in [0.05, 0.1) is 6.21 Å². The molecule has 2 rings (SSSR count). The van der Waals surface area contributed by atoms with Gasteiger partial charge in [-0.15, -0.1) is 0 Å². The highest BCUT2D eigenvalue weighted by atomic mass is 16.8. The van der Waals surface area contributed by atoms with Gasteiger partial charge in [-0.25, -0.2) is 0 Å². The summed E-state index contributed by atoms with van der Waals surface area (Å²) in [5.41, 5.74) is 1.41. The van der Waals surface area contributed by atoms with Crippen LogP contribution >= 0.6 is 0 Å². The molecule has 1 aromatic heterocycles. The summed E-state index contributed by atoms with van der Waals surface area (Å²) in [4.78, 5) is 0.315. The molecule has 0 aliphatic rings. The van der Waals surface area contributed by atoms with Crippen molar-refractivity contribution >= 4 is 17.2 Å². The third-order valence-corrected chi connectivity index (χ3v) is 1.62. The summed E-state index contributed by atoms with van der Waals surface area (Å²) in [5.74, 6) is 0. The van der Waals surface area contributed by atoms with Crippen LogP contribution in [0.1, 0.15) is 5.56 Å². The second kappa shape index (κ2) is 2.74. The largest absolute Gasteiger partial charge is 0.411 e. The van der Waals surface area contributed by atoms with Crippen molar-refractivity contribution in [2.45, 2.75) is 0 Å². The van der Waals surface area contributed by atoms with Gasteiger partial charge >= 0.3 is 0 Å². The Morgan fingerprint density at radius 1 is 1.62 bits per heavy atom. The number of oxime groups is 1. The number of hydrogen-bond acceptors (Lipinski definition) is 5. The molecule has 2 aromatic rings. The lowest BCUT2D eigenvalue weighted by atomic mass is 10.2. The topological polar surface area (TPSA) is 85.6 Å². The molecule has 0 bridgehead atoms. The molecule has 1 heterocycles. The SMILES string of the molecule is [O-][n+]1onc2cc(/C=N/O)ccc21. The molecule has 0 unspecified atom stereocenters. The van der Waals surface area contributed by atoms with E-state index in [-0.39, 0.29) is 0 Å². The Morgan fingerprint density at radius 2 is 2.46 bits per heavy atom. The lowest BCUT2D eigenvalue weighted by molar-refractivity contribution is -0.782. The minimum atomic E-state index is 0.315. The normalized spacial score (nSPS) is 11.4. The number of nitrogens with zero attached hydrogens (tertiary/aromatic N) is 3. The van der Waals surface area contributed by atoms with Gasteiger partial charge in [-0.3, -0.25) is 4.63 Å². The third-order valence-electron chi connectivity index (χ3n) is 1.62. The monoisotopic (exact) mass is 179 g/mol. The molecule has 0 spiro atoms. The summed E-state index contributed by atoms with van der Waals surface area (Å²) in [5, 5.41) is 25.5. The van der Waals surface area contributed by atoms with E-state index in [1.165, 1.54) is 12.3 Å². The Balaban J connectivity index is 2.63. The smallest absolute Gasteiger partial charge is 0.249 e. The van der Waals surface area contributed by atoms with Gasteiger partial charge in [0.15, 0.2) is 0 Å². The summed E-state index contributed by atoms with van der Waals surface area (Å²) in [6.07, 6.45) is 1.24. The quantitative estimate of drug-likeness (QED) is 0.294. The van der Waals surface area contributed by atoms with Gasteiger partial charge in [0, 0.05) is 16.8 Å². The first kappa shape index (κ1) is 7.53. The predicted molar refractivity (Wildman–Crippen MR) is 42.3 cm³/mol. The van der Waals surface area contributed by atoms with Gasteiger partial charge in [-0.2, -0.15) is 0 Å². The number of hydrogen-bond donors (Lipinski definition) is 1. The van der Waals surface area contributed by atoms with Crippen LogP contribution in [0.5, 0.6) is 0 Å². The van der Waals surface area contributed by atoms with Crippen LogP contribution in [0.2, 0.25) is 0 Å². The molecule has 66 valence electrons. The molecule has 0 radical (unpaired) electrons. The Labute approximate surface area is 72.2 Å².